The van der Waals surface area contributed by atoms with Gasteiger partial charge in [-0.3, -0.25) is 4.79 Å². The van der Waals surface area contributed by atoms with Gasteiger partial charge in [0.1, 0.15) is 5.60 Å². The first kappa shape index (κ1) is 19.7. The topological polar surface area (TPSA) is 79.5 Å². The Balaban J connectivity index is 2.53. The van der Waals surface area contributed by atoms with Gasteiger partial charge in [0.2, 0.25) is 5.91 Å². The van der Waals surface area contributed by atoms with Gasteiger partial charge in [0.05, 0.1) is 6.04 Å². The lowest BCUT2D eigenvalue weighted by Gasteiger charge is -2.27. The van der Waals surface area contributed by atoms with Crippen molar-refractivity contribution in [2.45, 2.75) is 78.5 Å². The van der Waals surface area contributed by atoms with Gasteiger partial charge in [-0.2, -0.15) is 0 Å². The summed E-state index contributed by atoms with van der Waals surface area (Å²) < 4.78 is 5.34. The molecule has 0 aromatic rings. The first-order chi connectivity index (χ1) is 10.5. The van der Waals surface area contributed by atoms with E-state index in [1.807, 2.05) is 20.8 Å². The van der Waals surface area contributed by atoms with Crippen molar-refractivity contribution < 1.29 is 14.3 Å². The molecule has 23 heavy (non-hydrogen) atoms. The van der Waals surface area contributed by atoms with Gasteiger partial charge in [-0.1, -0.05) is 20.8 Å². The summed E-state index contributed by atoms with van der Waals surface area (Å²) in [6, 6.07) is -0.218. The maximum Gasteiger partial charge on any atom is 0.407 e. The Morgan fingerprint density at radius 1 is 1.30 bits per heavy atom. The maximum atomic E-state index is 12.0. The van der Waals surface area contributed by atoms with Crippen molar-refractivity contribution in [3.05, 3.63) is 0 Å². The molecule has 134 valence electrons. The molecule has 0 aromatic carbocycles. The second-order valence-corrected chi connectivity index (χ2v) is 8.48. The molecule has 6 nitrogen and oxygen atoms in total. The lowest BCUT2D eigenvalue weighted by atomic mass is 9.88. The van der Waals surface area contributed by atoms with Crippen molar-refractivity contribution >= 4 is 12.0 Å². The molecule has 1 fully saturated rings. The molecule has 0 saturated carbocycles. The molecule has 1 aliphatic heterocycles. The summed E-state index contributed by atoms with van der Waals surface area (Å²) in [6.45, 7) is 13.3. The van der Waals surface area contributed by atoms with Crippen molar-refractivity contribution in [1.82, 2.24) is 16.0 Å². The molecule has 0 aliphatic carbocycles. The molecule has 2 atom stereocenters. The molecular weight excluding hydrogens is 294 g/mol. The lowest BCUT2D eigenvalue weighted by molar-refractivity contribution is -0.120. The second kappa shape index (κ2) is 7.99. The Labute approximate surface area is 140 Å². The fourth-order valence-electron chi connectivity index (χ4n) is 2.38. The largest absolute Gasteiger partial charge is 0.444 e. The van der Waals surface area contributed by atoms with Crippen molar-refractivity contribution in [3.63, 3.8) is 0 Å². The van der Waals surface area contributed by atoms with Crippen molar-refractivity contribution in [2.24, 2.45) is 5.41 Å². The number of hydrogen-bond acceptors (Lipinski definition) is 4. The van der Waals surface area contributed by atoms with Crippen LogP contribution in [0.5, 0.6) is 0 Å². The van der Waals surface area contributed by atoms with Crippen molar-refractivity contribution in [1.29, 1.82) is 0 Å². The highest BCUT2D eigenvalue weighted by molar-refractivity contribution is 5.83. The predicted octanol–water partition coefficient (Wildman–Crippen LogP) is 2.18. The van der Waals surface area contributed by atoms with Crippen molar-refractivity contribution in [3.8, 4) is 0 Å². The second-order valence-electron chi connectivity index (χ2n) is 8.48. The SMILES string of the molecule is CC(C)(C)CCC(CNC1CCNC1=O)NC(=O)OC(C)(C)C. The summed E-state index contributed by atoms with van der Waals surface area (Å²) in [4.78, 5) is 23.6. The average Bonchev–Trinajstić information content (AvgIpc) is 2.75. The maximum absolute atomic E-state index is 12.0. The lowest BCUT2D eigenvalue weighted by Crippen LogP contribution is -2.48. The van der Waals surface area contributed by atoms with Gasteiger partial charge < -0.3 is 20.7 Å². The molecule has 0 radical (unpaired) electrons. The van der Waals surface area contributed by atoms with Crippen LogP contribution in [0.15, 0.2) is 0 Å². The smallest absolute Gasteiger partial charge is 0.407 e. The molecule has 1 rings (SSSR count). The molecule has 2 amide bonds. The van der Waals surface area contributed by atoms with E-state index in [9.17, 15) is 9.59 Å². The minimum Gasteiger partial charge on any atom is -0.444 e. The molecular formula is C17H33N3O3. The minimum absolute atomic E-state index is 0.0387. The Morgan fingerprint density at radius 3 is 2.43 bits per heavy atom. The summed E-state index contributed by atoms with van der Waals surface area (Å²) in [7, 11) is 0. The highest BCUT2D eigenvalue weighted by atomic mass is 16.6. The van der Waals surface area contributed by atoms with Gasteiger partial charge in [0.15, 0.2) is 0 Å². The molecule has 0 spiro atoms. The van der Waals surface area contributed by atoms with Crippen LogP contribution in [0.3, 0.4) is 0 Å². The number of ether oxygens (including phenoxy) is 1. The Bertz CT molecular complexity index is 410. The normalized spacial score (nSPS) is 20.1. The highest BCUT2D eigenvalue weighted by Crippen LogP contribution is 2.21. The first-order valence-corrected chi connectivity index (χ1v) is 8.47. The summed E-state index contributed by atoms with van der Waals surface area (Å²) in [5.74, 6) is 0.0387. The highest BCUT2D eigenvalue weighted by Gasteiger charge is 2.26. The molecule has 0 aromatic heterocycles. The Kier molecular flexibility index (Phi) is 6.86. The number of rotatable bonds is 6. The van der Waals surface area contributed by atoms with Crippen LogP contribution in [-0.4, -0.2) is 42.8 Å². The zero-order valence-corrected chi connectivity index (χ0v) is 15.4. The van der Waals surface area contributed by atoms with Crippen LogP contribution in [-0.2, 0) is 9.53 Å². The number of hydrogen-bond donors (Lipinski definition) is 3. The third-order valence-electron chi connectivity index (χ3n) is 3.62. The zero-order valence-electron chi connectivity index (χ0n) is 15.4. The summed E-state index contributed by atoms with van der Waals surface area (Å²) in [5.41, 5.74) is -0.323. The molecule has 6 heteroatoms. The van der Waals surface area contributed by atoms with Crippen LogP contribution >= 0.6 is 0 Å². The van der Waals surface area contributed by atoms with Crippen LogP contribution in [0.4, 0.5) is 4.79 Å². The van der Waals surface area contributed by atoms with Gasteiger partial charge >= 0.3 is 6.09 Å². The molecule has 1 heterocycles. The number of nitrogens with one attached hydrogen (secondary N) is 3. The van der Waals surface area contributed by atoms with E-state index >= 15 is 0 Å². The van der Waals surface area contributed by atoms with Gasteiger partial charge in [0, 0.05) is 19.1 Å². The van der Waals surface area contributed by atoms with Crippen LogP contribution < -0.4 is 16.0 Å². The Morgan fingerprint density at radius 2 is 1.96 bits per heavy atom. The van der Waals surface area contributed by atoms with E-state index in [0.29, 0.717) is 13.1 Å². The fraction of sp³-hybridized carbons (Fsp3) is 0.882. The quantitative estimate of drug-likeness (QED) is 0.698. The Hall–Kier alpha value is -1.30. The minimum atomic E-state index is -0.516. The number of carbonyl (C=O) groups excluding carboxylic acids is 2. The number of amides is 2. The van der Waals surface area contributed by atoms with Gasteiger partial charge in [-0.15, -0.1) is 0 Å². The van der Waals surface area contributed by atoms with Crippen LogP contribution in [0.2, 0.25) is 0 Å². The van der Waals surface area contributed by atoms with Gasteiger partial charge in [-0.05, 0) is 45.4 Å². The zero-order chi connectivity index (χ0) is 17.7. The third-order valence-corrected chi connectivity index (χ3v) is 3.62. The van der Waals surface area contributed by atoms with E-state index in [1.54, 1.807) is 0 Å². The van der Waals surface area contributed by atoms with Crippen molar-refractivity contribution in [2.75, 3.05) is 13.1 Å². The molecule has 2 unspecified atom stereocenters. The van der Waals surface area contributed by atoms with E-state index in [0.717, 1.165) is 19.3 Å². The molecule has 0 bridgehead atoms. The predicted molar refractivity (Wildman–Crippen MR) is 91.3 cm³/mol. The summed E-state index contributed by atoms with van der Waals surface area (Å²) in [6.07, 6.45) is 2.20. The summed E-state index contributed by atoms with van der Waals surface area (Å²) in [5, 5.41) is 8.99. The van der Waals surface area contributed by atoms with E-state index in [-0.39, 0.29) is 23.4 Å². The van der Waals surface area contributed by atoms with E-state index in [2.05, 4.69) is 36.7 Å². The van der Waals surface area contributed by atoms with Gasteiger partial charge in [-0.25, -0.2) is 4.79 Å². The first-order valence-electron chi connectivity index (χ1n) is 8.47. The standard InChI is InChI=1S/C17H33N3O3/c1-16(2,3)9-7-12(20-15(22)23-17(4,5)6)11-19-13-8-10-18-14(13)21/h12-13,19H,7-11H2,1-6H3,(H,18,21)(H,20,22). The van der Waals surface area contributed by atoms with Crippen LogP contribution in [0.25, 0.3) is 0 Å². The summed E-state index contributed by atoms with van der Waals surface area (Å²) >= 11 is 0. The molecule has 1 aliphatic rings. The third kappa shape index (κ3) is 8.79. The molecule has 1 saturated heterocycles. The van der Waals surface area contributed by atoms with E-state index in [4.69, 9.17) is 4.74 Å². The average molecular weight is 327 g/mol. The van der Waals surface area contributed by atoms with E-state index in [1.165, 1.54) is 0 Å². The van der Waals surface area contributed by atoms with E-state index < -0.39 is 11.7 Å². The van der Waals surface area contributed by atoms with Crippen LogP contribution in [0, 0.1) is 5.41 Å². The number of carbonyl (C=O) groups is 2. The number of alkyl carbamates (subject to hydrolysis) is 1. The van der Waals surface area contributed by atoms with Crippen LogP contribution in [0.1, 0.15) is 60.8 Å². The molecule has 3 N–H and O–H groups in total. The van der Waals surface area contributed by atoms with Gasteiger partial charge in [0.25, 0.3) is 0 Å². The monoisotopic (exact) mass is 327 g/mol. The fourth-order valence-corrected chi connectivity index (χ4v) is 2.38.